The summed E-state index contributed by atoms with van der Waals surface area (Å²) < 4.78 is 0. The van der Waals surface area contributed by atoms with E-state index >= 15 is 0 Å². The van der Waals surface area contributed by atoms with Gasteiger partial charge in [-0.25, -0.2) is 0 Å². The van der Waals surface area contributed by atoms with Crippen LogP contribution in [-0.4, -0.2) is 6.04 Å². The van der Waals surface area contributed by atoms with E-state index in [0.717, 1.165) is 12.8 Å². The van der Waals surface area contributed by atoms with Crippen LogP contribution in [0.4, 0.5) is 0 Å². The third kappa shape index (κ3) is 1.32. The van der Waals surface area contributed by atoms with Gasteiger partial charge in [-0.15, -0.1) is 0 Å². The summed E-state index contributed by atoms with van der Waals surface area (Å²) in [5, 5.41) is 3.61. The van der Waals surface area contributed by atoms with Crippen molar-refractivity contribution in [2.75, 3.05) is 0 Å². The van der Waals surface area contributed by atoms with Crippen LogP contribution in [0.3, 0.4) is 0 Å². The summed E-state index contributed by atoms with van der Waals surface area (Å²) >= 11 is 6.96. The molecule has 1 nitrogen and oxygen atoms in total. The van der Waals surface area contributed by atoms with E-state index in [1.54, 1.807) is 0 Å². The number of alkyl halides is 1. The van der Waals surface area contributed by atoms with E-state index in [0.29, 0.717) is 6.04 Å². The largest absolute Gasteiger partial charge is 0.288 e. The maximum Gasteiger partial charge on any atom is 0.145 e. The van der Waals surface area contributed by atoms with Gasteiger partial charge in [0.05, 0.1) is 0 Å². The Morgan fingerprint density at radius 2 is 1.39 bits per heavy atom. The van der Waals surface area contributed by atoms with Crippen molar-refractivity contribution in [2.45, 2.75) is 23.9 Å². The summed E-state index contributed by atoms with van der Waals surface area (Å²) in [5.74, 6) is 0. The average molecular weight is 256 g/mol. The van der Waals surface area contributed by atoms with Gasteiger partial charge in [-0.3, -0.25) is 5.32 Å². The van der Waals surface area contributed by atoms with Crippen molar-refractivity contribution in [3.63, 3.8) is 0 Å². The predicted molar refractivity (Wildman–Crippen MR) is 73.8 cm³/mol. The van der Waals surface area contributed by atoms with Crippen molar-refractivity contribution >= 4 is 11.6 Å². The Balaban J connectivity index is 2.02. The zero-order chi connectivity index (χ0) is 12.2. The van der Waals surface area contributed by atoms with Crippen molar-refractivity contribution < 1.29 is 0 Å². The van der Waals surface area contributed by atoms with Crippen molar-refractivity contribution in [3.05, 3.63) is 70.8 Å². The topological polar surface area (TPSA) is 12.0 Å². The van der Waals surface area contributed by atoms with Gasteiger partial charge in [0.2, 0.25) is 0 Å². The van der Waals surface area contributed by atoms with Gasteiger partial charge < -0.3 is 0 Å². The van der Waals surface area contributed by atoms with Crippen molar-refractivity contribution in [2.24, 2.45) is 0 Å². The first kappa shape index (κ1) is 10.6. The summed E-state index contributed by atoms with van der Waals surface area (Å²) in [4.78, 5) is -0.533. The number of hydrogen-bond donors (Lipinski definition) is 1. The zero-order valence-corrected chi connectivity index (χ0v) is 10.7. The summed E-state index contributed by atoms with van der Waals surface area (Å²) in [6.07, 6.45) is 2.14. The van der Waals surface area contributed by atoms with Crippen molar-refractivity contribution in [3.8, 4) is 0 Å². The maximum absolute atomic E-state index is 6.96. The Kier molecular flexibility index (Phi) is 2.12. The second-order valence-corrected chi connectivity index (χ2v) is 5.79. The minimum atomic E-state index is -0.533. The smallest absolute Gasteiger partial charge is 0.145 e. The molecule has 18 heavy (non-hydrogen) atoms. The maximum atomic E-state index is 6.96. The summed E-state index contributed by atoms with van der Waals surface area (Å²) in [5.41, 5.74) is 5.20. The van der Waals surface area contributed by atoms with Crippen molar-refractivity contribution in [1.82, 2.24) is 5.32 Å². The van der Waals surface area contributed by atoms with E-state index in [4.69, 9.17) is 11.6 Å². The monoisotopic (exact) mass is 255 g/mol. The molecule has 0 unspecified atom stereocenters. The minimum absolute atomic E-state index is 0.451. The van der Waals surface area contributed by atoms with Crippen LogP contribution in [0.15, 0.2) is 48.5 Å². The highest BCUT2D eigenvalue weighted by molar-refractivity contribution is 6.26. The molecule has 0 atom stereocenters. The molecule has 0 saturated heterocycles. The number of halogens is 1. The first-order valence-electron chi connectivity index (χ1n) is 6.41. The molecule has 0 aliphatic carbocycles. The van der Waals surface area contributed by atoms with Gasteiger partial charge in [-0.2, -0.15) is 0 Å². The average Bonchev–Trinajstić information content (AvgIpc) is 2.39. The standard InChI is InChI=1S/C16H14ClN/c17-16-14-7-3-1-5-11(14)9-13(18-16)10-12-6-2-4-8-15(12)16/h1-8,13,18H,9-10H2. The fraction of sp³-hybridized carbons (Fsp3) is 0.250. The number of nitrogens with one attached hydrogen (secondary N) is 1. The summed E-state index contributed by atoms with van der Waals surface area (Å²) in [6.45, 7) is 0. The van der Waals surface area contributed by atoms with Gasteiger partial charge in [0, 0.05) is 6.04 Å². The Hall–Kier alpha value is -1.31. The molecule has 2 aromatic rings. The number of benzene rings is 2. The lowest BCUT2D eigenvalue weighted by Gasteiger charge is -2.45. The molecule has 2 bridgehead atoms. The molecule has 2 aromatic carbocycles. The lowest BCUT2D eigenvalue weighted by Crippen LogP contribution is -2.54. The van der Waals surface area contributed by atoms with E-state index < -0.39 is 5.00 Å². The van der Waals surface area contributed by atoms with Gasteiger partial charge in [-0.1, -0.05) is 60.1 Å². The Bertz CT molecular complexity index is 570. The number of fused-ring (bicyclic) bond motifs is 6. The molecular weight excluding hydrogens is 242 g/mol. The van der Waals surface area contributed by atoms with Crippen LogP contribution in [0.1, 0.15) is 22.3 Å². The molecule has 0 spiro atoms. The van der Waals surface area contributed by atoms with Crippen LogP contribution in [0.5, 0.6) is 0 Å². The molecular formula is C16H14ClN. The van der Waals surface area contributed by atoms with E-state index in [9.17, 15) is 0 Å². The van der Waals surface area contributed by atoms with Crippen molar-refractivity contribution in [1.29, 1.82) is 0 Å². The summed E-state index contributed by atoms with van der Waals surface area (Å²) in [6, 6.07) is 17.5. The quantitative estimate of drug-likeness (QED) is 0.563. The van der Waals surface area contributed by atoms with Crippen LogP contribution >= 0.6 is 11.6 Å². The summed E-state index contributed by atoms with van der Waals surface area (Å²) in [7, 11) is 0. The second kappa shape index (κ2) is 3.59. The van der Waals surface area contributed by atoms with E-state index in [2.05, 4.69) is 53.8 Å². The minimum Gasteiger partial charge on any atom is -0.288 e. The normalized spacial score (nSPS) is 28.4. The first-order chi connectivity index (χ1) is 8.77. The third-order valence-corrected chi connectivity index (χ3v) is 4.63. The lowest BCUT2D eigenvalue weighted by atomic mass is 9.78. The SMILES string of the molecule is ClC12NC(Cc3ccccc31)Cc1ccccc12. The predicted octanol–water partition coefficient (Wildman–Crippen LogP) is 3.20. The zero-order valence-electron chi connectivity index (χ0n) is 9.99. The van der Waals surface area contributed by atoms with Crippen LogP contribution in [0.2, 0.25) is 0 Å². The highest BCUT2D eigenvalue weighted by Gasteiger charge is 2.44. The highest BCUT2D eigenvalue weighted by atomic mass is 35.5. The fourth-order valence-electron chi connectivity index (χ4n) is 3.36. The number of rotatable bonds is 0. The van der Waals surface area contributed by atoms with E-state index in [-0.39, 0.29) is 0 Å². The first-order valence-corrected chi connectivity index (χ1v) is 6.78. The van der Waals surface area contributed by atoms with Crippen LogP contribution < -0.4 is 5.32 Å². The molecule has 2 heteroatoms. The van der Waals surface area contributed by atoms with Crippen LogP contribution in [0.25, 0.3) is 0 Å². The van der Waals surface area contributed by atoms with Gasteiger partial charge in [0.25, 0.3) is 0 Å². The molecule has 0 fully saturated rings. The third-order valence-electron chi connectivity index (χ3n) is 4.11. The molecule has 1 N–H and O–H groups in total. The van der Waals surface area contributed by atoms with E-state index in [1.807, 2.05) is 0 Å². The molecule has 0 radical (unpaired) electrons. The second-order valence-electron chi connectivity index (χ2n) is 5.22. The molecule has 2 aliphatic heterocycles. The highest BCUT2D eigenvalue weighted by Crippen LogP contribution is 2.44. The molecule has 2 aliphatic rings. The Labute approximate surface area is 112 Å². The van der Waals surface area contributed by atoms with Crippen LogP contribution in [-0.2, 0) is 17.8 Å². The fourth-order valence-corrected chi connectivity index (χ4v) is 3.88. The van der Waals surface area contributed by atoms with Gasteiger partial charge >= 0.3 is 0 Å². The van der Waals surface area contributed by atoms with E-state index in [1.165, 1.54) is 22.3 Å². The molecule has 4 rings (SSSR count). The molecule has 0 amide bonds. The molecule has 2 heterocycles. The number of hydrogen-bond acceptors (Lipinski definition) is 1. The van der Waals surface area contributed by atoms with Crippen LogP contribution in [0, 0.1) is 0 Å². The van der Waals surface area contributed by atoms with Gasteiger partial charge in [0.15, 0.2) is 0 Å². The Morgan fingerprint density at radius 1 is 0.889 bits per heavy atom. The molecule has 0 saturated carbocycles. The van der Waals surface area contributed by atoms with Gasteiger partial charge in [0.1, 0.15) is 5.00 Å². The molecule has 90 valence electrons. The van der Waals surface area contributed by atoms with Gasteiger partial charge in [-0.05, 0) is 35.1 Å². The lowest BCUT2D eigenvalue weighted by molar-refractivity contribution is 0.373. The molecule has 0 aromatic heterocycles. The Morgan fingerprint density at radius 3 is 1.94 bits per heavy atom.